The van der Waals surface area contributed by atoms with E-state index in [1.165, 1.54) is 34.4 Å². The molecular formula is C28H23FN2O4S. The SMILES string of the molecule is CCOc1ccc(/C(O)=C2\C(=O)C(=O)N(c3nc4ccc(CC)cc4s3)C2c2ccccc2F)cc1. The van der Waals surface area contributed by atoms with Gasteiger partial charge >= 0.3 is 5.91 Å². The van der Waals surface area contributed by atoms with E-state index in [4.69, 9.17) is 4.74 Å². The van der Waals surface area contributed by atoms with Crippen molar-refractivity contribution in [2.24, 2.45) is 0 Å². The molecule has 6 nitrogen and oxygen atoms in total. The highest BCUT2D eigenvalue weighted by Gasteiger charge is 2.49. The molecule has 1 amide bonds. The summed E-state index contributed by atoms with van der Waals surface area (Å²) in [6.45, 7) is 4.38. The van der Waals surface area contributed by atoms with Crippen LogP contribution in [0.3, 0.4) is 0 Å². The van der Waals surface area contributed by atoms with Crippen molar-refractivity contribution >= 4 is 44.1 Å². The van der Waals surface area contributed by atoms with Crippen molar-refractivity contribution in [2.75, 3.05) is 11.5 Å². The zero-order chi connectivity index (χ0) is 25.4. The minimum absolute atomic E-state index is 0.0951. The Morgan fingerprint density at radius 1 is 1.08 bits per heavy atom. The fraction of sp³-hybridized carbons (Fsp3) is 0.179. The van der Waals surface area contributed by atoms with Crippen LogP contribution in [0.1, 0.15) is 36.6 Å². The molecule has 0 aliphatic carbocycles. The van der Waals surface area contributed by atoms with E-state index in [1.807, 2.05) is 32.0 Å². The second-order valence-corrected chi connectivity index (χ2v) is 9.31. The molecule has 0 bridgehead atoms. The Balaban J connectivity index is 1.69. The molecule has 5 rings (SSSR count). The number of halogens is 1. The average Bonchev–Trinajstić information content (AvgIpc) is 3.42. The Morgan fingerprint density at radius 2 is 1.83 bits per heavy atom. The molecule has 1 aliphatic heterocycles. The van der Waals surface area contributed by atoms with Crippen LogP contribution in [0, 0.1) is 5.82 Å². The molecule has 0 saturated carbocycles. The minimum atomic E-state index is -1.18. The first-order valence-corrected chi connectivity index (χ1v) is 12.4. The van der Waals surface area contributed by atoms with Crippen LogP contribution in [0.15, 0.2) is 72.3 Å². The lowest BCUT2D eigenvalue weighted by Crippen LogP contribution is -2.29. The molecule has 3 aromatic carbocycles. The number of aliphatic hydroxyl groups excluding tert-OH is 1. The van der Waals surface area contributed by atoms with E-state index < -0.39 is 23.5 Å². The van der Waals surface area contributed by atoms with Gasteiger partial charge in [-0.05, 0) is 61.4 Å². The molecule has 36 heavy (non-hydrogen) atoms. The highest BCUT2D eigenvalue weighted by Crippen LogP contribution is 2.45. The van der Waals surface area contributed by atoms with Gasteiger partial charge in [0.05, 0.1) is 22.4 Å². The molecule has 0 spiro atoms. The first kappa shape index (κ1) is 23.7. The lowest BCUT2D eigenvalue weighted by molar-refractivity contribution is -0.132. The van der Waals surface area contributed by atoms with Crippen LogP contribution in [-0.4, -0.2) is 28.4 Å². The average molecular weight is 503 g/mol. The maximum Gasteiger partial charge on any atom is 0.301 e. The van der Waals surface area contributed by atoms with Crippen molar-refractivity contribution < 1.29 is 23.8 Å². The number of amides is 1. The van der Waals surface area contributed by atoms with Gasteiger partial charge < -0.3 is 9.84 Å². The number of carbonyl (C=O) groups is 2. The van der Waals surface area contributed by atoms with Gasteiger partial charge in [0, 0.05) is 11.1 Å². The van der Waals surface area contributed by atoms with Gasteiger partial charge in [-0.2, -0.15) is 0 Å². The fourth-order valence-corrected chi connectivity index (χ4v) is 5.39. The lowest BCUT2D eigenvalue weighted by Gasteiger charge is -2.23. The number of anilines is 1. The molecule has 1 aliphatic rings. The number of aliphatic hydroxyl groups is 1. The van der Waals surface area contributed by atoms with Gasteiger partial charge in [0.1, 0.15) is 23.4 Å². The van der Waals surface area contributed by atoms with Gasteiger partial charge in [0.15, 0.2) is 5.13 Å². The Labute approximate surface area is 211 Å². The predicted octanol–water partition coefficient (Wildman–Crippen LogP) is 6.02. The fourth-order valence-electron chi connectivity index (χ4n) is 4.33. The summed E-state index contributed by atoms with van der Waals surface area (Å²) >= 11 is 1.25. The molecule has 182 valence electrons. The highest BCUT2D eigenvalue weighted by atomic mass is 32.1. The summed E-state index contributed by atoms with van der Waals surface area (Å²) in [4.78, 5) is 32.4. The van der Waals surface area contributed by atoms with E-state index in [9.17, 15) is 14.7 Å². The van der Waals surface area contributed by atoms with E-state index >= 15 is 4.39 Å². The number of ether oxygens (including phenoxy) is 1. The largest absolute Gasteiger partial charge is 0.507 e. The van der Waals surface area contributed by atoms with Crippen LogP contribution in [0.25, 0.3) is 16.0 Å². The Hall–Kier alpha value is -4.04. The minimum Gasteiger partial charge on any atom is -0.507 e. The Morgan fingerprint density at radius 3 is 2.53 bits per heavy atom. The number of Topliss-reactive ketones (excluding diaryl/α,β-unsaturated/α-hetero) is 1. The highest BCUT2D eigenvalue weighted by molar-refractivity contribution is 7.22. The first-order chi connectivity index (χ1) is 17.4. The third-order valence-electron chi connectivity index (χ3n) is 6.14. The lowest BCUT2D eigenvalue weighted by atomic mass is 9.95. The normalized spacial score (nSPS) is 17.2. The third-order valence-corrected chi connectivity index (χ3v) is 7.16. The second-order valence-electron chi connectivity index (χ2n) is 8.30. The van der Waals surface area contributed by atoms with Crippen LogP contribution in [-0.2, 0) is 16.0 Å². The van der Waals surface area contributed by atoms with E-state index in [0.29, 0.717) is 23.4 Å². The quantitative estimate of drug-likeness (QED) is 0.198. The number of hydrogen-bond donors (Lipinski definition) is 1. The number of fused-ring (bicyclic) bond motifs is 1. The van der Waals surface area contributed by atoms with Crippen molar-refractivity contribution in [3.8, 4) is 5.75 Å². The van der Waals surface area contributed by atoms with Crippen LogP contribution < -0.4 is 9.64 Å². The van der Waals surface area contributed by atoms with Crippen molar-refractivity contribution in [3.05, 3.63) is 94.8 Å². The van der Waals surface area contributed by atoms with Gasteiger partial charge in [-0.15, -0.1) is 0 Å². The van der Waals surface area contributed by atoms with Crippen LogP contribution in [0.5, 0.6) is 5.75 Å². The van der Waals surface area contributed by atoms with E-state index in [-0.39, 0.29) is 22.0 Å². The molecule has 1 aromatic heterocycles. The molecule has 4 aromatic rings. The molecule has 0 radical (unpaired) electrons. The molecule has 2 heterocycles. The maximum absolute atomic E-state index is 15.1. The van der Waals surface area contributed by atoms with Gasteiger partial charge in [-0.1, -0.05) is 42.5 Å². The molecule has 8 heteroatoms. The van der Waals surface area contributed by atoms with E-state index in [2.05, 4.69) is 4.98 Å². The van der Waals surface area contributed by atoms with Gasteiger partial charge in [0.25, 0.3) is 5.78 Å². The number of benzene rings is 3. The Bertz CT molecular complexity index is 1510. The van der Waals surface area contributed by atoms with Crippen molar-refractivity contribution in [1.29, 1.82) is 0 Å². The molecule has 1 saturated heterocycles. The van der Waals surface area contributed by atoms with Gasteiger partial charge in [-0.3, -0.25) is 14.5 Å². The summed E-state index contributed by atoms with van der Waals surface area (Å²) in [5.74, 6) is -2.15. The van der Waals surface area contributed by atoms with Crippen LogP contribution in [0.2, 0.25) is 0 Å². The van der Waals surface area contributed by atoms with Crippen molar-refractivity contribution in [2.45, 2.75) is 26.3 Å². The summed E-state index contributed by atoms with van der Waals surface area (Å²) in [5, 5.41) is 11.5. The van der Waals surface area contributed by atoms with Crippen LogP contribution in [0.4, 0.5) is 9.52 Å². The topological polar surface area (TPSA) is 79.7 Å². The molecular weight excluding hydrogens is 479 g/mol. The number of rotatable bonds is 6. The summed E-state index contributed by atoms with van der Waals surface area (Å²) in [6.07, 6.45) is 0.838. The maximum atomic E-state index is 15.1. The van der Waals surface area contributed by atoms with Crippen LogP contribution >= 0.6 is 11.3 Å². The number of hydrogen-bond acceptors (Lipinski definition) is 6. The standard InChI is InChI=1S/C28H23FN2O4S/c1-3-16-9-14-21-22(15-16)36-28(30-21)31-24(19-7-5-6-8-20(19)29)23(26(33)27(31)34)25(32)17-10-12-18(13-11-17)35-4-2/h5-15,24,32H,3-4H2,1-2H3/b25-23+. The van der Waals surface area contributed by atoms with Gasteiger partial charge in [0.2, 0.25) is 0 Å². The van der Waals surface area contributed by atoms with Crippen molar-refractivity contribution in [3.63, 3.8) is 0 Å². The summed E-state index contributed by atoms with van der Waals surface area (Å²) < 4.78 is 21.4. The first-order valence-electron chi connectivity index (χ1n) is 11.6. The summed E-state index contributed by atoms with van der Waals surface area (Å²) in [7, 11) is 0. The number of carbonyl (C=O) groups excluding carboxylic acids is 2. The van der Waals surface area contributed by atoms with Gasteiger partial charge in [-0.25, -0.2) is 9.37 Å². The number of ketones is 1. The predicted molar refractivity (Wildman–Crippen MR) is 138 cm³/mol. The molecule has 1 N–H and O–H groups in total. The van der Waals surface area contributed by atoms with E-state index in [1.54, 1.807) is 30.3 Å². The summed E-state index contributed by atoms with van der Waals surface area (Å²) in [5.41, 5.74) is 2.00. The molecule has 1 fully saturated rings. The number of thiazole rings is 1. The number of aryl methyl sites for hydroxylation is 1. The molecule has 1 atom stereocenters. The number of aromatic nitrogens is 1. The zero-order valence-corrected chi connectivity index (χ0v) is 20.5. The van der Waals surface area contributed by atoms with E-state index in [0.717, 1.165) is 16.7 Å². The van der Waals surface area contributed by atoms with Crippen molar-refractivity contribution in [1.82, 2.24) is 4.98 Å². The smallest absolute Gasteiger partial charge is 0.301 e. The molecule has 1 unspecified atom stereocenters. The third kappa shape index (κ3) is 4.03. The summed E-state index contributed by atoms with van der Waals surface area (Å²) in [6, 6.07) is 17.1. The number of nitrogens with zero attached hydrogens (tertiary/aromatic N) is 2. The zero-order valence-electron chi connectivity index (χ0n) is 19.7. The second kappa shape index (κ2) is 9.54. The monoisotopic (exact) mass is 502 g/mol. The Kier molecular flexibility index (Phi) is 6.28.